The second-order valence-corrected chi connectivity index (χ2v) is 17.8. The first-order chi connectivity index (χ1) is 32.3. The predicted octanol–water partition coefficient (Wildman–Crippen LogP) is 17.5. The lowest BCUT2D eigenvalue weighted by Crippen LogP contribution is -2.30. The van der Waals surface area contributed by atoms with Crippen molar-refractivity contribution >= 4 is 70.1 Å². The largest absolute Gasteiger partial charge is 0.309 e. The van der Waals surface area contributed by atoms with Crippen molar-refractivity contribution in [2.45, 2.75) is 5.41 Å². The lowest BCUT2D eigenvalue weighted by atomic mass is 9.65. The molecule has 0 amide bonds. The number of rotatable bonds is 9. The van der Waals surface area contributed by atoms with Crippen molar-refractivity contribution in [3.8, 4) is 22.3 Å². The van der Waals surface area contributed by atoms with E-state index in [0.29, 0.717) is 0 Å². The van der Waals surface area contributed by atoms with Crippen molar-refractivity contribution in [3.05, 3.63) is 283 Å². The molecule has 0 saturated heterocycles. The summed E-state index contributed by atoms with van der Waals surface area (Å²) in [4.78, 5) is 2.45. The zero-order valence-corrected chi connectivity index (χ0v) is 36.5. The van der Waals surface area contributed by atoms with Crippen LogP contribution in [0.2, 0.25) is 0 Å². The minimum Gasteiger partial charge on any atom is -0.309 e. The first-order valence-corrected chi connectivity index (χ1v) is 23.2. The third-order valence-corrected chi connectivity index (χ3v) is 14.4. The molecular formula is C63H43NS. The smallest absolute Gasteiger partial charge is 0.0701 e. The summed E-state index contributed by atoms with van der Waals surface area (Å²) in [5.41, 5.74) is 12.6. The number of hydrogen-bond acceptors (Lipinski definition) is 2. The number of hydrogen-bond donors (Lipinski definition) is 0. The van der Waals surface area contributed by atoms with Crippen LogP contribution in [0.4, 0.5) is 17.1 Å². The molecule has 0 aliphatic rings. The van der Waals surface area contributed by atoms with Crippen LogP contribution in [0.5, 0.6) is 0 Å². The van der Waals surface area contributed by atoms with Gasteiger partial charge in [0.2, 0.25) is 0 Å². The van der Waals surface area contributed by atoms with Gasteiger partial charge in [-0.15, -0.1) is 11.3 Å². The molecule has 0 radical (unpaired) electrons. The molecule has 0 spiro atoms. The number of thiophene rings is 1. The summed E-state index contributed by atoms with van der Waals surface area (Å²) in [7, 11) is 0. The molecule has 0 bridgehead atoms. The second-order valence-electron chi connectivity index (χ2n) is 16.8. The third-order valence-electron chi connectivity index (χ3n) is 13.2. The highest BCUT2D eigenvalue weighted by Crippen LogP contribution is 2.48. The first-order valence-electron chi connectivity index (χ1n) is 22.3. The van der Waals surface area contributed by atoms with Crippen LogP contribution in [0.3, 0.4) is 0 Å². The van der Waals surface area contributed by atoms with E-state index in [4.69, 9.17) is 0 Å². The third kappa shape index (κ3) is 6.53. The fraction of sp³-hybridized carbons (Fsp3) is 0.0159. The molecule has 65 heavy (non-hydrogen) atoms. The zero-order valence-electron chi connectivity index (χ0n) is 35.7. The molecule has 0 unspecified atom stereocenters. The Morgan fingerprint density at radius 2 is 0.769 bits per heavy atom. The first kappa shape index (κ1) is 38.6. The Kier molecular flexibility index (Phi) is 9.66. The van der Waals surface area contributed by atoms with Gasteiger partial charge in [-0.1, -0.05) is 224 Å². The van der Waals surface area contributed by atoms with E-state index in [1.165, 1.54) is 86.2 Å². The van der Waals surface area contributed by atoms with Crippen molar-refractivity contribution < 1.29 is 0 Å². The molecule has 12 rings (SSSR count). The second kappa shape index (κ2) is 16.3. The molecule has 0 aliphatic heterocycles. The summed E-state index contributed by atoms with van der Waals surface area (Å²) in [6, 6.07) is 95.7. The highest BCUT2D eigenvalue weighted by atomic mass is 32.1. The van der Waals surface area contributed by atoms with Gasteiger partial charge in [0, 0.05) is 36.6 Å². The Morgan fingerprint density at radius 3 is 1.45 bits per heavy atom. The standard InChI is InChI=1S/C63H43NS/c1-4-20-47(21-5-1)63(48-22-6-2-7-23-48,49-24-8-3-9-25-49)50-38-34-45(35-39-50)52-42-43-59(56-28-13-12-27-55(52)56)64(58-31-16-19-44-18-10-11-26-53(44)58)51-40-36-46(37-41-51)54-30-17-33-61-62(54)57-29-14-15-32-60(57)65-61/h1-43H. The molecule has 1 nitrogen and oxygen atoms in total. The normalized spacial score (nSPS) is 11.7. The summed E-state index contributed by atoms with van der Waals surface area (Å²) in [5, 5.41) is 7.45. The molecule has 11 aromatic carbocycles. The Bertz CT molecular complexity index is 3530. The lowest BCUT2D eigenvalue weighted by Gasteiger charge is -2.37. The van der Waals surface area contributed by atoms with Crippen molar-refractivity contribution in [2.75, 3.05) is 4.90 Å². The molecular weight excluding hydrogens is 803 g/mol. The maximum atomic E-state index is 2.45. The van der Waals surface area contributed by atoms with Crippen LogP contribution in [0.1, 0.15) is 22.3 Å². The lowest BCUT2D eigenvalue weighted by molar-refractivity contribution is 0.745. The molecule has 306 valence electrons. The summed E-state index contributed by atoms with van der Waals surface area (Å²) < 4.78 is 2.63. The summed E-state index contributed by atoms with van der Waals surface area (Å²) in [5.74, 6) is 0. The minimum absolute atomic E-state index is 0.507. The Morgan fingerprint density at radius 1 is 0.292 bits per heavy atom. The maximum Gasteiger partial charge on any atom is 0.0701 e. The van der Waals surface area contributed by atoms with Crippen LogP contribution in [-0.2, 0) is 5.41 Å². The van der Waals surface area contributed by atoms with Gasteiger partial charge in [0.15, 0.2) is 0 Å². The fourth-order valence-electron chi connectivity index (χ4n) is 10.3. The van der Waals surface area contributed by atoms with E-state index >= 15 is 0 Å². The Balaban J connectivity index is 1.00. The van der Waals surface area contributed by atoms with Gasteiger partial charge in [-0.25, -0.2) is 0 Å². The van der Waals surface area contributed by atoms with Crippen LogP contribution >= 0.6 is 11.3 Å². The van der Waals surface area contributed by atoms with Gasteiger partial charge in [0.1, 0.15) is 0 Å². The summed E-state index contributed by atoms with van der Waals surface area (Å²) in [6.45, 7) is 0. The molecule has 0 saturated carbocycles. The highest BCUT2D eigenvalue weighted by Gasteiger charge is 2.38. The summed E-state index contributed by atoms with van der Waals surface area (Å²) in [6.07, 6.45) is 0. The molecule has 0 N–H and O–H groups in total. The van der Waals surface area contributed by atoms with Gasteiger partial charge in [-0.2, -0.15) is 0 Å². The van der Waals surface area contributed by atoms with Gasteiger partial charge in [0.05, 0.1) is 16.8 Å². The number of benzene rings is 11. The van der Waals surface area contributed by atoms with E-state index in [9.17, 15) is 0 Å². The monoisotopic (exact) mass is 845 g/mol. The van der Waals surface area contributed by atoms with E-state index in [-0.39, 0.29) is 0 Å². The Labute approximate surface area is 383 Å². The van der Waals surface area contributed by atoms with Crippen molar-refractivity contribution in [1.82, 2.24) is 0 Å². The van der Waals surface area contributed by atoms with Gasteiger partial charge >= 0.3 is 0 Å². The molecule has 12 aromatic rings. The van der Waals surface area contributed by atoms with E-state index in [2.05, 4.69) is 266 Å². The topological polar surface area (TPSA) is 3.24 Å². The summed E-state index contributed by atoms with van der Waals surface area (Å²) >= 11 is 1.87. The van der Waals surface area contributed by atoms with Crippen LogP contribution in [-0.4, -0.2) is 0 Å². The van der Waals surface area contributed by atoms with E-state index < -0.39 is 5.41 Å². The van der Waals surface area contributed by atoms with E-state index in [1.807, 2.05) is 11.3 Å². The molecule has 0 fully saturated rings. The number of nitrogens with zero attached hydrogens (tertiary/aromatic N) is 1. The zero-order chi connectivity index (χ0) is 43.2. The van der Waals surface area contributed by atoms with Gasteiger partial charge < -0.3 is 4.90 Å². The van der Waals surface area contributed by atoms with Crippen molar-refractivity contribution in [3.63, 3.8) is 0 Å². The van der Waals surface area contributed by atoms with Crippen LogP contribution < -0.4 is 4.90 Å². The average Bonchev–Trinajstić information content (AvgIpc) is 3.77. The van der Waals surface area contributed by atoms with Crippen LogP contribution in [0, 0.1) is 0 Å². The van der Waals surface area contributed by atoms with Gasteiger partial charge in [-0.3, -0.25) is 0 Å². The minimum atomic E-state index is -0.507. The molecule has 0 aliphatic carbocycles. The quantitative estimate of drug-likeness (QED) is 0.131. The fourth-order valence-corrected chi connectivity index (χ4v) is 11.4. The van der Waals surface area contributed by atoms with Crippen molar-refractivity contribution in [2.24, 2.45) is 0 Å². The maximum absolute atomic E-state index is 2.45. The molecule has 0 atom stereocenters. The molecule has 2 heteroatoms. The van der Waals surface area contributed by atoms with Crippen molar-refractivity contribution in [1.29, 1.82) is 0 Å². The highest BCUT2D eigenvalue weighted by molar-refractivity contribution is 7.25. The average molecular weight is 846 g/mol. The van der Waals surface area contributed by atoms with E-state index in [1.54, 1.807) is 0 Å². The predicted molar refractivity (Wildman–Crippen MR) is 278 cm³/mol. The van der Waals surface area contributed by atoms with Crippen LogP contribution in [0.15, 0.2) is 261 Å². The number of fused-ring (bicyclic) bond motifs is 5. The van der Waals surface area contributed by atoms with Crippen LogP contribution in [0.25, 0.3) is 64.0 Å². The van der Waals surface area contributed by atoms with E-state index in [0.717, 1.165) is 17.1 Å². The van der Waals surface area contributed by atoms with Gasteiger partial charge in [-0.05, 0) is 91.7 Å². The van der Waals surface area contributed by atoms with Gasteiger partial charge in [0.25, 0.3) is 0 Å². The Hall–Kier alpha value is -8.04. The molecule has 1 heterocycles. The SMILES string of the molecule is c1ccc(C(c2ccccc2)(c2ccccc2)c2ccc(-c3ccc(N(c4ccc(-c5cccc6sc7ccccc7c56)cc4)c4cccc5ccccc45)c4ccccc34)cc2)cc1. The molecule has 1 aromatic heterocycles. The number of anilines is 3.